The molecule has 0 N–H and O–H groups in total. The second-order valence-electron chi connectivity index (χ2n) is 10.7. The van der Waals surface area contributed by atoms with Crippen molar-refractivity contribution in [1.82, 2.24) is 0 Å². The van der Waals surface area contributed by atoms with Crippen molar-refractivity contribution in [3.63, 3.8) is 0 Å². The molecule has 3 rings (SSSR count). The SMILES string of the molecule is CC1(C)CCCC(C)(CC(C2CCCCC2)C2CCCCC2)C1. The van der Waals surface area contributed by atoms with E-state index < -0.39 is 0 Å². The lowest BCUT2D eigenvalue weighted by molar-refractivity contribution is 0.0303. The summed E-state index contributed by atoms with van der Waals surface area (Å²) in [7, 11) is 0. The van der Waals surface area contributed by atoms with Crippen molar-refractivity contribution in [3.05, 3.63) is 0 Å². The molecule has 0 aromatic rings. The predicted molar refractivity (Wildman–Crippen MR) is 102 cm³/mol. The van der Waals surface area contributed by atoms with Crippen LogP contribution in [0.1, 0.15) is 117 Å². The van der Waals surface area contributed by atoms with E-state index in [4.69, 9.17) is 0 Å². The van der Waals surface area contributed by atoms with Crippen LogP contribution in [-0.4, -0.2) is 0 Å². The Bertz CT molecular complexity index is 338. The van der Waals surface area contributed by atoms with Crippen LogP contribution in [0.4, 0.5) is 0 Å². The van der Waals surface area contributed by atoms with Crippen LogP contribution in [0.5, 0.6) is 0 Å². The minimum Gasteiger partial charge on any atom is -0.0599 e. The first-order chi connectivity index (χ1) is 11.0. The summed E-state index contributed by atoms with van der Waals surface area (Å²) in [6.07, 6.45) is 22.8. The van der Waals surface area contributed by atoms with Gasteiger partial charge in [-0.2, -0.15) is 0 Å². The van der Waals surface area contributed by atoms with Gasteiger partial charge in [0.1, 0.15) is 0 Å². The smallest absolute Gasteiger partial charge is 0.0318 e. The summed E-state index contributed by atoms with van der Waals surface area (Å²) in [5.74, 6) is 3.22. The van der Waals surface area contributed by atoms with Gasteiger partial charge in [0.15, 0.2) is 0 Å². The lowest BCUT2D eigenvalue weighted by Crippen LogP contribution is -2.37. The summed E-state index contributed by atoms with van der Waals surface area (Å²) in [5.41, 5.74) is 1.23. The molecule has 23 heavy (non-hydrogen) atoms. The Hall–Kier alpha value is 0. The van der Waals surface area contributed by atoms with Crippen LogP contribution in [0.25, 0.3) is 0 Å². The fourth-order valence-corrected chi connectivity index (χ4v) is 6.91. The van der Waals surface area contributed by atoms with E-state index in [0.717, 1.165) is 17.8 Å². The number of rotatable bonds is 4. The highest BCUT2D eigenvalue weighted by Crippen LogP contribution is 2.53. The van der Waals surface area contributed by atoms with Crippen LogP contribution >= 0.6 is 0 Å². The standard InChI is InChI=1S/C23H42/c1-22(2)15-10-16-23(3,18-22)17-21(19-11-6-4-7-12-19)20-13-8-5-9-14-20/h19-21H,4-18H2,1-3H3. The highest BCUT2D eigenvalue weighted by molar-refractivity contribution is 4.92. The molecule has 134 valence electrons. The van der Waals surface area contributed by atoms with Gasteiger partial charge in [-0.25, -0.2) is 0 Å². The van der Waals surface area contributed by atoms with Crippen LogP contribution < -0.4 is 0 Å². The molecule has 0 aromatic carbocycles. The molecule has 0 radical (unpaired) electrons. The first-order valence-corrected chi connectivity index (χ1v) is 11.0. The van der Waals surface area contributed by atoms with E-state index in [9.17, 15) is 0 Å². The average molecular weight is 319 g/mol. The molecule has 1 atom stereocenters. The van der Waals surface area contributed by atoms with Gasteiger partial charge in [-0.3, -0.25) is 0 Å². The van der Waals surface area contributed by atoms with E-state index >= 15 is 0 Å². The predicted octanol–water partition coefficient (Wildman–Crippen LogP) is 7.76. The van der Waals surface area contributed by atoms with E-state index in [-0.39, 0.29) is 0 Å². The minimum absolute atomic E-state index is 0.594. The van der Waals surface area contributed by atoms with Crippen molar-refractivity contribution in [3.8, 4) is 0 Å². The Morgan fingerprint density at radius 2 is 1.22 bits per heavy atom. The van der Waals surface area contributed by atoms with Gasteiger partial charge in [0, 0.05) is 0 Å². The maximum Gasteiger partial charge on any atom is -0.0318 e. The Balaban J connectivity index is 1.71. The zero-order valence-electron chi connectivity index (χ0n) is 16.3. The third-order valence-corrected chi connectivity index (χ3v) is 7.78. The average Bonchev–Trinajstić information content (AvgIpc) is 2.53. The van der Waals surface area contributed by atoms with E-state index in [2.05, 4.69) is 20.8 Å². The molecule has 0 aromatic heterocycles. The lowest BCUT2D eigenvalue weighted by Gasteiger charge is -2.48. The van der Waals surface area contributed by atoms with Crippen molar-refractivity contribution in [1.29, 1.82) is 0 Å². The summed E-state index contributed by atoms with van der Waals surface area (Å²) < 4.78 is 0. The quantitative estimate of drug-likeness (QED) is 0.497. The molecular weight excluding hydrogens is 276 g/mol. The summed E-state index contributed by atoms with van der Waals surface area (Å²) in [6, 6.07) is 0. The minimum atomic E-state index is 0.594. The topological polar surface area (TPSA) is 0 Å². The first-order valence-electron chi connectivity index (χ1n) is 11.0. The molecule has 3 saturated carbocycles. The van der Waals surface area contributed by atoms with Crippen molar-refractivity contribution < 1.29 is 0 Å². The molecule has 0 amide bonds. The Kier molecular flexibility index (Phi) is 5.80. The second-order valence-corrected chi connectivity index (χ2v) is 10.7. The van der Waals surface area contributed by atoms with E-state index in [1.165, 1.54) is 64.2 Å². The monoisotopic (exact) mass is 318 g/mol. The fourth-order valence-electron chi connectivity index (χ4n) is 6.91. The molecule has 0 bridgehead atoms. The van der Waals surface area contributed by atoms with Gasteiger partial charge >= 0.3 is 0 Å². The molecule has 0 aliphatic heterocycles. The molecule has 0 saturated heterocycles. The van der Waals surface area contributed by atoms with Gasteiger partial charge in [-0.1, -0.05) is 91.4 Å². The van der Waals surface area contributed by atoms with Gasteiger partial charge in [-0.15, -0.1) is 0 Å². The molecule has 3 fully saturated rings. The maximum atomic E-state index is 2.66. The lowest BCUT2D eigenvalue weighted by atomic mass is 9.57. The van der Waals surface area contributed by atoms with E-state index in [1.807, 2.05) is 0 Å². The van der Waals surface area contributed by atoms with E-state index in [1.54, 1.807) is 32.1 Å². The fraction of sp³-hybridized carbons (Fsp3) is 1.00. The van der Waals surface area contributed by atoms with Crippen LogP contribution in [0.2, 0.25) is 0 Å². The normalized spacial score (nSPS) is 33.9. The summed E-state index contributed by atoms with van der Waals surface area (Å²) >= 11 is 0. The molecule has 0 nitrogen and oxygen atoms in total. The van der Waals surface area contributed by atoms with Crippen molar-refractivity contribution in [2.75, 3.05) is 0 Å². The highest BCUT2D eigenvalue weighted by atomic mass is 14.5. The molecular formula is C23H42. The molecule has 3 aliphatic rings. The summed E-state index contributed by atoms with van der Waals surface area (Å²) in [4.78, 5) is 0. The molecule has 0 heterocycles. The van der Waals surface area contributed by atoms with Gasteiger partial charge < -0.3 is 0 Å². The van der Waals surface area contributed by atoms with Crippen molar-refractivity contribution in [2.45, 2.75) is 117 Å². The van der Waals surface area contributed by atoms with Gasteiger partial charge in [-0.05, 0) is 54.3 Å². The number of hydrogen-bond acceptors (Lipinski definition) is 0. The third-order valence-electron chi connectivity index (χ3n) is 7.78. The Labute approximate surface area is 146 Å². The van der Waals surface area contributed by atoms with Crippen molar-refractivity contribution >= 4 is 0 Å². The second kappa shape index (κ2) is 7.49. The molecule has 0 heteroatoms. The molecule has 0 spiro atoms. The van der Waals surface area contributed by atoms with Crippen LogP contribution in [0.15, 0.2) is 0 Å². The van der Waals surface area contributed by atoms with E-state index in [0.29, 0.717) is 10.8 Å². The van der Waals surface area contributed by atoms with Crippen LogP contribution in [0, 0.1) is 28.6 Å². The first kappa shape index (κ1) is 17.8. The summed E-state index contributed by atoms with van der Waals surface area (Å²) in [6.45, 7) is 7.72. The Morgan fingerprint density at radius 3 is 1.70 bits per heavy atom. The highest BCUT2D eigenvalue weighted by Gasteiger charge is 2.41. The third kappa shape index (κ3) is 4.76. The zero-order valence-corrected chi connectivity index (χ0v) is 16.3. The van der Waals surface area contributed by atoms with Crippen LogP contribution in [-0.2, 0) is 0 Å². The van der Waals surface area contributed by atoms with Gasteiger partial charge in [0.2, 0.25) is 0 Å². The Morgan fingerprint density at radius 1 is 0.696 bits per heavy atom. The summed E-state index contributed by atoms with van der Waals surface area (Å²) in [5, 5.41) is 0. The molecule has 3 aliphatic carbocycles. The number of hydrogen-bond donors (Lipinski definition) is 0. The van der Waals surface area contributed by atoms with Gasteiger partial charge in [0.25, 0.3) is 0 Å². The maximum absolute atomic E-state index is 2.66. The largest absolute Gasteiger partial charge is 0.0599 e. The molecule has 1 unspecified atom stereocenters. The van der Waals surface area contributed by atoms with Gasteiger partial charge in [0.05, 0.1) is 0 Å². The van der Waals surface area contributed by atoms with Crippen molar-refractivity contribution in [2.24, 2.45) is 28.6 Å². The zero-order chi connectivity index (χ0) is 16.3. The van der Waals surface area contributed by atoms with Crippen LogP contribution in [0.3, 0.4) is 0 Å².